The molecule has 0 saturated carbocycles. The van der Waals surface area contributed by atoms with Crippen LogP contribution in [0, 0.1) is 5.82 Å². The molecule has 4 nitrogen and oxygen atoms in total. The smallest absolute Gasteiger partial charge is 0.255 e. The van der Waals surface area contributed by atoms with Gasteiger partial charge in [0.15, 0.2) is 0 Å². The van der Waals surface area contributed by atoms with Gasteiger partial charge in [-0.05, 0) is 61.5 Å². The Kier molecular flexibility index (Phi) is 7.53. The Morgan fingerprint density at radius 1 is 1.03 bits per heavy atom. The van der Waals surface area contributed by atoms with E-state index in [2.05, 4.69) is 26.6 Å². The Morgan fingerprint density at radius 2 is 1.80 bits per heavy atom. The summed E-state index contributed by atoms with van der Waals surface area (Å²) in [5.74, 6) is -1.12. The van der Waals surface area contributed by atoms with Gasteiger partial charge in [-0.3, -0.25) is 9.59 Å². The number of amides is 2. The summed E-state index contributed by atoms with van der Waals surface area (Å²) in [6, 6.07) is 18.3. The number of halogens is 3. The molecule has 0 aliphatic heterocycles. The van der Waals surface area contributed by atoms with Crippen LogP contribution in [0.5, 0.6) is 0 Å². The van der Waals surface area contributed by atoms with E-state index in [0.29, 0.717) is 20.7 Å². The van der Waals surface area contributed by atoms with Crippen LogP contribution in [-0.2, 0) is 4.79 Å². The number of hydrogen-bond acceptors (Lipinski definition) is 3. The molecule has 154 valence electrons. The van der Waals surface area contributed by atoms with Crippen molar-refractivity contribution in [2.24, 2.45) is 0 Å². The molecule has 2 amide bonds. The molecule has 0 bridgehead atoms. The van der Waals surface area contributed by atoms with E-state index in [1.54, 1.807) is 55.5 Å². The van der Waals surface area contributed by atoms with Crippen molar-refractivity contribution in [1.82, 2.24) is 0 Å². The monoisotopic (exact) mass is 506 g/mol. The molecule has 0 aliphatic rings. The number of thioether (sulfide) groups is 1. The fraction of sp³-hybridized carbons (Fsp3) is 0.0909. The van der Waals surface area contributed by atoms with E-state index in [4.69, 9.17) is 11.6 Å². The van der Waals surface area contributed by atoms with Crippen molar-refractivity contribution < 1.29 is 14.0 Å². The maximum Gasteiger partial charge on any atom is 0.255 e. The summed E-state index contributed by atoms with van der Waals surface area (Å²) in [7, 11) is 0. The van der Waals surface area contributed by atoms with Crippen LogP contribution in [-0.4, -0.2) is 17.1 Å². The number of anilines is 2. The lowest BCUT2D eigenvalue weighted by atomic mass is 10.2. The Labute approximate surface area is 191 Å². The third-order valence-electron chi connectivity index (χ3n) is 4.05. The van der Waals surface area contributed by atoms with Crippen molar-refractivity contribution in [2.75, 3.05) is 10.6 Å². The average molecular weight is 508 g/mol. The van der Waals surface area contributed by atoms with Gasteiger partial charge in [-0.2, -0.15) is 0 Å². The molecule has 1 atom stereocenters. The number of nitrogens with one attached hydrogen (secondary N) is 2. The quantitative estimate of drug-likeness (QED) is 0.369. The standard InChI is InChI=1S/C22H17BrClFN2O2S/c1-13(21(28)27-20-9-8-15(23)11-19(20)25)30-18-7-3-6-17(12-18)26-22(29)14-4-2-5-16(24)10-14/h2-13H,1H3,(H,26,29)(H,27,28). The Bertz CT molecular complexity index is 1100. The van der Waals surface area contributed by atoms with Crippen LogP contribution in [0.4, 0.5) is 15.8 Å². The molecule has 2 N–H and O–H groups in total. The van der Waals surface area contributed by atoms with Crippen molar-refractivity contribution in [1.29, 1.82) is 0 Å². The maximum atomic E-state index is 13.9. The van der Waals surface area contributed by atoms with E-state index >= 15 is 0 Å². The minimum absolute atomic E-state index is 0.123. The van der Waals surface area contributed by atoms with E-state index < -0.39 is 11.1 Å². The second-order valence-corrected chi connectivity index (χ2v) is 9.13. The zero-order valence-electron chi connectivity index (χ0n) is 15.8. The van der Waals surface area contributed by atoms with Gasteiger partial charge in [0.05, 0.1) is 10.9 Å². The highest BCUT2D eigenvalue weighted by atomic mass is 79.9. The summed E-state index contributed by atoms with van der Waals surface area (Å²) < 4.78 is 14.5. The predicted octanol–water partition coefficient (Wildman–Crippen LogP) is 6.61. The summed E-state index contributed by atoms with van der Waals surface area (Å²) in [4.78, 5) is 25.6. The molecule has 3 aromatic carbocycles. The van der Waals surface area contributed by atoms with Gasteiger partial charge in [-0.15, -0.1) is 11.8 Å². The van der Waals surface area contributed by atoms with Crippen molar-refractivity contribution in [3.05, 3.63) is 87.6 Å². The Hall–Kier alpha value is -2.35. The molecule has 0 spiro atoms. The maximum absolute atomic E-state index is 13.9. The van der Waals surface area contributed by atoms with Crippen LogP contribution in [0.2, 0.25) is 5.02 Å². The third kappa shape index (κ3) is 6.08. The van der Waals surface area contributed by atoms with Gasteiger partial charge in [0.2, 0.25) is 5.91 Å². The number of benzene rings is 3. The highest BCUT2D eigenvalue weighted by molar-refractivity contribution is 9.10. The largest absolute Gasteiger partial charge is 0.323 e. The molecule has 0 fully saturated rings. The van der Waals surface area contributed by atoms with E-state index in [9.17, 15) is 14.0 Å². The highest BCUT2D eigenvalue weighted by Gasteiger charge is 2.17. The van der Waals surface area contributed by atoms with Gasteiger partial charge < -0.3 is 10.6 Å². The zero-order valence-corrected chi connectivity index (χ0v) is 18.9. The normalized spacial score (nSPS) is 11.6. The summed E-state index contributed by atoms with van der Waals surface area (Å²) in [6.45, 7) is 1.73. The lowest BCUT2D eigenvalue weighted by Gasteiger charge is -2.13. The molecule has 0 heterocycles. The van der Waals surface area contributed by atoms with Gasteiger partial charge >= 0.3 is 0 Å². The SMILES string of the molecule is CC(Sc1cccc(NC(=O)c2cccc(Cl)c2)c1)C(=O)Nc1ccc(Br)cc1F. The summed E-state index contributed by atoms with van der Waals surface area (Å²) in [6.07, 6.45) is 0. The summed E-state index contributed by atoms with van der Waals surface area (Å²) >= 11 is 10.4. The third-order valence-corrected chi connectivity index (χ3v) is 5.87. The summed E-state index contributed by atoms with van der Waals surface area (Å²) in [5.41, 5.74) is 1.17. The molecule has 0 saturated heterocycles. The van der Waals surface area contributed by atoms with Crippen LogP contribution < -0.4 is 10.6 Å². The molecule has 0 aliphatic carbocycles. The second-order valence-electron chi connectivity index (χ2n) is 6.37. The molecule has 3 rings (SSSR count). The molecule has 30 heavy (non-hydrogen) atoms. The minimum atomic E-state index is -0.513. The van der Waals surface area contributed by atoms with Gasteiger partial charge in [-0.25, -0.2) is 4.39 Å². The van der Waals surface area contributed by atoms with Crippen LogP contribution >= 0.6 is 39.3 Å². The van der Waals surface area contributed by atoms with Gasteiger partial charge in [0.25, 0.3) is 5.91 Å². The highest BCUT2D eigenvalue weighted by Crippen LogP contribution is 2.28. The topological polar surface area (TPSA) is 58.2 Å². The minimum Gasteiger partial charge on any atom is -0.323 e. The number of carbonyl (C=O) groups is 2. The summed E-state index contributed by atoms with van der Waals surface area (Å²) in [5, 5.41) is 5.41. The van der Waals surface area contributed by atoms with E-state index in [1.807, 2.05) is 6.07 Å². The number of rotatable bonds is 6. The molecular weight excluding hydrogens is 491 g/mol. The molecule has 0 radical (unpaired) electrons. The number of carbonyl (C=O) groups excluding carboxylic acids is 2. The molecular formula is C22H17BrClFN2O2S. The van der Waals surface area contributed by atoms with Gasteiger partial charge in [0.1, 0.15) is 5.82 Å². The van der Waals surface area contributed by atoms with Crippen LogP contribution in [0.15, 0.2) is 76.1 Å². The molecule has 1 unspecified atom stereocenters. The van der Waals surface area contributed by atoms with Crippen molar-refractivity contribution in [3.63, 3.8) is 0 Å². The lowest BCUT2D eigenvalue weighted by molar-refractivity contribution is -0.115. The second kappa shape index (κ2) is 10.1. The predicted molar refractivity (Wildman–Crippen MR) is 124 cm³/mol. The first-order valence-electron chi connectivity index (χ1n) is 8.91. The Morgan fingerprint density at radius 3 is 2.53 bits per heavy atom. The van der Waals surface area contributed by atoms with E-state index in [-0.39, 0.29) is 17.5 Å². The first-order valence-corrected chi connectivity index (χ1v) is 11.0. The number of hydrogen-bond donors (Lipinski definition) is 2. The fourth-order valence-corrected chi connectivity index (χ4v) is 4.01. The van der Waals surface area contributed by atoms with Gasteiger partial charge in [-0.1, -0.05) is 39.7 Å². The van der Waals surface area contributed by atoms with Crippen LogP contribution in [0.1, 0.15) is 17.3 Å². The Balaban J connectivity index is 1.64. The lowest BCUT2D eigenvalue weighted by Crippen LogP contribution is -2.23. The van der Waals surface area contributed by atoms with Crippen molar-refractivity contribution in [3.8, 4) is 0 Å². The van der Waals surface area contributed by atoms with Gasteiger partial charge in [0, 0.05) is 25.6 Å². The van der Waals surface area contributed by atoms with Crippen molar-refractivity contribution >= 4 is 62.5 Å². The molecule has 0 aromatic heterocycles. The van der Waals surface area contributed by atoms with Crippen molar-refractivity contribution in [2.45, 2.75) is 17.1 Å². The zero-order chi connectivity index (χ0) is 21.7. The first kappa shape index (κ1) is 22.3. The molecule has 3 aromatic rings. The fourth-order valence-electron chi connectivity index (χ4n) is 2.56. The van der Waals surface area contributed by atoms with E-state index in [1.165, 1.54) is 23.9 Å². The first-order chi connectivity index (χ1) is 14.3. The van der Waals surface area contributed by atoms with E-state index in [0.717, 1.165) is 4.90 Å². The van der Waals surface area contributed by atoms with Crippen LogP contribution in [0.25, 0.3) is 0 Å². The molecule has 8 heteroatoms. The average Bonchev–Trinajstić information content (AvgIpc) is 2.70. The van der Waals surface area contributed by atoms with Crippen LogP contribution in [0.3, 0.4) is 0 Å².